The third kappa shape index (κ3) is 3.19. The molecule has 0 fully saturated rings. The van der Waals surface area contributed by atoms with Gasteiger partial charge in [-0.2, -0.15) is 0 Å². The zero-order valence-corrected chi connectivity index (χ0v) is 13.6. The van der Waals surface area contributed by atoms with Gasteiger partial charge in [0.1, 0.15) is 0 Å². The van der Waals surface area contributed by atoms with E-state index in [0.717, 1.165) is 5.33 Å². The largest absolute Gasteiger partial charge is 0.345 e. The lowest BCUT2D eigenvalue weighted by Gasteiger charge is -2.21. The summed E-state index contributed by atoms with van der Waals surface area (Å²) in [4.78, 5) is 2.24. The van der Waals surface area contributed by atoms with Crippen molar-refractivity contribution in [2.75, 3.05) is 11.9 Å². The number of aryl methyl sites for hydroxylation is 3. The van der Waals surface area contributed by atoms with Gasteiger partial charge in [-0.15, -0.1) is 0 Å². The summed E-state index contributed by atoms with van der Waals surface area (Å²) in [5.41, 5.74) is 7.74. The lowest BCUT2D eigenvalue weighted by molar-refractivity contribution is 1.18. The Morgan fingerprint density at radius 1 is 0.895 bits per heavy atom. The summed E-state index contributed by atoms with van der Waals surface area (Å²) in [6.45, 7) is 6.45. The van der Waals surface area contributed by atoms with Gasteiger partial charge in [-0.05, 0) is 67.3 Å². The molecular formula is C17H20BrN. The zero-order chi connectivity index (χ0) is 14.0. The molecule has 0 aliphatic heterocycles. The molecule has 0 heterocycles. The summed E-state index contributed by atoms with van der Waals surface area (Å²) in [5, 5.41) is 0.909. The smallest absolute Gasteiger partial charge is 0.0413 e. The molecule has 2 aromatic carbocycles. The Morgan fingerprint density at radius 3 is 2.05 bits per heavy atom. The van der Waals surface area contributed by atoms with Crippen molar-refractivity contribution < 1.29 is 0 Å². The maximum atomic E-state index is 3.52. The van der Waals surface area contributed by atoms with Crippen LogP contribution in [0.4, 0.5) is 11.4 Å². The molecule has 0 spiro atoms. The topological polar surface area (TPSA) is 3.24 Å². The van der Waals surface area contributed by atoms with E-state index in [1.165, 1.54) is 33.6 Å². The fraction of sp³-hybridized carbons (Fsp3) is 0.294. The molecule has 0 aliphatic carbocycles. The first kappa shape index (κ1) is 14.1. The number of alkyl halides is 1. The molecule has 1 nitrogen and oxygen atoms in total. The molecule has 0 N–H and O–H groups in total. The Kier molecular flexibility index (Phi) is 4.31. The Labute approximate surface area is 124 Å². The average molecular weight is 318 g/mol. The molecule has 0 atom stereocenters. The second kappa shape index (κ2) is 5.79. The van der Waals surface area contributed by atoms with E-state index in [0.29, 0.717) is 0 Å². The molecular weight excluding hydrogens is 298 g/mol. The van der Waals surface area contributed by atoms with E-state index in [4.69, 9.17) is 0 Å². The molecule has 0 aliphatic rings. The van der Waals surface area contributed by atoms with Crippen molar-refractivity contribution in [1.29, 1.82) is 0 Å². The van der Waals surface area contributed by atoms with E-state index < -0.39 is 0 Å². The first-order valence-electron chi connectivity index (χ1n) is 6.49. The van der Waals surface area contributed by atoms with Crippen LogP contribution in [0.3, 0.4) is 0 Å². The molecule has 0 bridgehead atoms. The Morgan fingerprint density at radius 2 is 1.53 bits per heavy atom. The van der Waals surface area contributed by atoms with E-state index in [2.05, 4.69) is 85.0 Å². The van der Waals surface area contributed by atoms with Gasteiger partial charge in [0.2, 0.25) is 0 Å². The molecule has 0 amide bonds. The average Bonchev–Trinajstić information content (AvgIpc) is 2.36. The molecule has 100 valence electrons. The maximum absolute atomic E-state index is 3.52. The summed E-state index contributed by atoms with van der Waals surface area (Å²) in [6, 6.07) is 13.3. The molecule has 2 aromatic rings. The van der Waals surface area contributed by atoms with Crippen LogP contribution in [0.2, 0.25) is 0 Å². The number of hydrogen-bond acceptors (Lipinski definition) is 1. The Balaban J connectivity index is 2.38. The van der Waals surface area contributed by atoms with E-state index in [9.17, 15) is 0 Å². The number of benzene rings is 2. The first-order chi connectivity index (χ1) is 9.01. The van der Waals surface area contributed by atoms with Crippen LogP contribution in [0.25, 0.3) is 0 Å². The van der Waals surface area contributed by atoms with Crippen LogP contribution >= 0.6 is 15.9 Å². The highest BCUT2D eigenvalue weighted by Crippen LogP contribution is 2.27. The van der Waals surface area contributed by atoms with Gasteiger partial charge >= 0.3 is 0 Å². The first-order valence-corrected chi connectivity index (χ1v) is 7.61. The summed E-state index contributed by atoms with van der Waals surface area (Å²) < 4.78 is 0. The van der Waals surface area contributed by atoms with Crippen molar-refractivity contribution in [1.82, 2.24) is 0 Å². The number of hydrogen-bond donors (Lipinski definition) is 0. The minimum Gasteiger partial charge on any atom is -0.345 e. The summed E-state index contributed by atoms with van der Waals surface area (Å²) in [5.74, 6) is 0. The normalized spacial score (nSPS) is 10.6. The van der Waals surface area contributed by atoms with Crippen molar-refractivity contribution in [3.05, 3.63) is 58.7 Å². The highest BCUT2D eigenvalue weighted by atomic mass is 79.9. The zero-order valence-electron chi connectivity index (χ0n) is 12.0. The fourth-order valence-electron chi connectivity index (χ4n) is 2.33. The van der Waals surface area contributed by atoms with Crippen molar-refractivity contribution >= 4 is 27.3 Å². The monoisotopic (exact) mass is 317 g/mol. The second-order valence-electron chi connectivity index (χ2n) is 5.15. The predicted molar refractivity (Wildman–Crippen MR) is 87.8 cm³/mol. The van der Waals surface area contributed by atoms with Gasteiger partial charge in [0.05, 0.1) is 0 Å². The highest BCUT2D eigenvalue weighted by Gasteiger charge is 2.07. The standard InChI is InChI=1S/C17H20BrN/c1-12-7-13(2)9-17(8-12)19(4)16-6-5-15(11-18)14(3)10-16/h5-10H,11H2,1-4H3. The van der Waals surface area contributed by atoms with Crippen LogP contribution < -0.4 is 4.90 Å². The van der Waals surface area contributed by atoms with Gasteiger partial charge in [-0.3, -0.25) is 0 Å². The maximum Gasteiger partial charge on any atom is 0.0413 e. The molecule has 0 unspecified atom stereocenters. The van der Waals surface area contributed by atoms with Crippen LogP contribution in [0.5, 0.6) is 0 Å². The highest BCUT2D eigenvalue weighted by molar-refractivity contribution is 9.08. The van der Waals surface area contributed by atoms with Gasteiger partial charge < -0.3 is 4.90 Å². The SMILES string of the molecule is Cc1cc(C)cc(N(C)c2ccc(CBr)c(C)c2)c1. The molecule has 2 heteroatoms. The van der Waals surface area contributed by atoms with E-state index in [1.807, 2.05) is 0 Å². The van der Waals surface area contributed by atoms with E-state index in [1.54, 1.807) is 0 Å². The van der Waals surface area contributed by atoms with E-state index >= 15 is 0 Å². The van der Waals surface area contributed by atoms with Crippen LogP contribution in [0.1, 0.15) is 22.3 Å². The van der Waals surface area contributed by atoms with Crippen molar-refractivity contribution in [2.45, 2.75) is 26.1 Å². The number of anilines is 2. The minimum absolute atomic E-state index is 0.909. The van der Waals surface area contributed by atoms with Crippen molar-refractivity contribution in [3.63, 3.8) is 0 Å². The molecule has 19 heavy (non-hydrogen) atoms. The summed E-state index contributed by atoms with van der Waals surface area (Å²) >= 11 is 3.52. The van der Waals surface area contributed by atoms with Crippen LogP contribution in [-0.2, 0) is 5.33 Å². The predicted octanol–water partition coefficient (Wildman–Crippen LogP) is 5.27. The van der Waals surface area contributed by atoms with Gasteiger partial charge in [0.25, 0.3) is 0 Å². The van der Waals surface area contributed by atoms with Gasteiger partial charge in [0, 0.05) is 23.8 Å². The lowest BCUT2D eigenvalue weighted by atomic mass is 10.1. The van der Waals surface area contributed by atoms with Gasteiger partial charge in [-0.25, -0.2) is 0 Å². The molecule has 2 rings (SSSR count). The van der Waals surface area contributed by atoms with Gasteiger partial charge in [0.15, 0.2) is 0 Å². The van der Waals surface area contributed by atoms with E-state index in [-0.39, 0.29) is 0 Å². The number of rotatable bonds is 3. The van der Waals surface area contributed by atoms with Crippen LogP contribution in [0.15, 0.2) is 36.4 Å². The van der Waals surface area contributed by atoms with Gasteiger partial charge in [-0.1, -0.05) is 28.1 Å². The third-order valence-electron chi connectivity index (χ3n) is 3.45. The summed E-state index contributed by atoms with van der Waals surface area (Å²) in [6.07, 6.45) is 0. The lowest BCUT2D eigenvalue weighted by Crippen LogP contribution is -2.10. The fourth-order valence-corrected chi connectivity index (χ4v) is 2.96. The van der Waals surface area contributed by atoms with Crippen molar-refractivity contribution in [3.8, 4) is 0 Å². The summed E-state index contributed by atoms with van der Waals surface area (Å²) in [7, 11) is 2.12. The minimum atomic E-state index is 0.909. The molecule has 0 radical (unpaired) electrons. The molecule has 0 saturated carbocycles. The third-order valence-corrected chi connectivity index (χ3v) is 4.06. The Hall–Kier alpha value is -1.28. The Bertz CT molecular complexity index is 570. The molecule has 0 saturated heterocycles. The quantitative estimate of drug-likeness (QED) is 0.696. The molecule has 0 aromatic heterocycles. The number of nitrogens with zero attached hydrogens (tertiary/aromatic N) is 1. The van der Waals surface area contributed by atoms with Crippen molar-refractivity contribution in [2.24, 2.45) is 0 Å². The van der Waals surface area contributed by atoms with Crippen LogP contribution in [0, 0.1) is 20.8 Å². The number of halogens is 1. The second-order valence-corrected chi connectivity index (χ2v) is 5.71. The van der Waals surface area contributed by atoms with Crippen LogP contribution in [-0.4, -0.2) is 7.05 Å².